The first-order valence-corrected chi connectivity index (χ1v) is 9.03. The van der Waals surface area contributed by atoms with Crippen LogP contribution in [-0.4, -0.2) is 33.5 Å². The molecule has 0 spiro atoms. The number of carboxylic acids is 1. The lowest BCUT2D eigenvalue weighted by molar-refractivity contribution is -0.141. The number of hydrogen-bond acceptors (Lipinski definition) is 4. The summed E-state index contributed by atoms with van der Waals surface area (Å²) in [7, 11) is 0. The van der Waals surface area contributed by atoms with Crippen LogP contribution in [-0.2, 0) is 9.59 Å². The summed E-state index contributed by atoms with van der Waals surface area (Å²) in [5.74, 6) is -0.789. The molecule has 2 rings (SSSR count). The summed E-state index contributed by atoms with van der Waals surface area (Å²) in [5.41, 5.74) is 2.50. The molecule has 1 aliphatic heterocycles. The van der Waals surface area contributed by atoms with E-state index in [1.807, 2.05) is 39.8 Å². The molecule has 0 saturated heterocycles. The fourth-order valence-corrected chi connectivity index (χ4v) is 3.40. The van der Waals surface area contributed by atoms with Crippen LogP contribution in [0.1, 0.15) is 56.2 Å². The Kier molecular flexibility index (Phi) is 5.95. The predicted molar refractivity (Wildman–Crippen MR) is 100 cm³/mol. The Morgan fingerprint density at radius 2 is 1.76 bits per heavy atom. The number of carbonyl (C=O) groups is 2. The first kappa shape index (κ1) is 19.1. The summed E-state index contributed by atoms with van der Waals surface area (Å²) >= 11 is 1.26. The van der Waals surface area contributed by atoms with E-state index in [-0.39, 0.29) is 24.3 Å². The van der Waals surface area contributed by atoms with Crippen LogP contribution >= 0.6 is 11.8 Å². The first-order valence-electron chi connectivity index (χ1n) is 8.15. The lowest BCUT2D eigenvalue weighted by Gasteiger charge is -2.21. The molecule has 1 aromatic carbocycles. The van der Waals surface area contributed by atoms with E-state index in [2.05, 4.69) is 0 Å². The Morgan fingerprint density at radius 1 is 1.20 bits per heavy atom. The SMILES string of the molecule is CC(C)c1cc(/C=C2\SC=CN(CC(=O)O)C2=O)cc(C(C)C)c1O. The molecule has 0 saturated carbocycles. The number of hydrogen-bond donors (Lipinski definition) is 2. The fourth-order valence-electron chi connectivity index (χ4n) is 2.62. The lowest BCUT2D eigenvalue weighted by Crippen LogP contribution is -2.32. The number of carboxylic acid groups (broad SMARTS) is 1. The highest BCUT2D eigenvalue weighted by Gasteiger charge is 2.23. The van der Waals surface area contributed by atoms with Gasteiger partial charge >= 0.3 is 5.97 Å². The predicted octanol–water partition coefficient (Wildman–Crippen LogP) is 4.11. The molecule has 0 unspecified atom stereocenters. The molecular formula is C19H23NO4S. The fraction of sp³-hybridized carbons (Fsp3) is 0.368. The second-order valence-electron chi connectivity index (χ2n) is 6.60. The number of amides is 1. The van der Waals surface area contributed by atoms with Crippen molar-refractivity contribution in [3.05, 3.63) is 45.3 Å². The standard InChI is InChI=1S/C19H23NO4S/c1-11(2)14-7-13(8-15(12(3)4)18(14)23)9-16-19(24)20(5-6-25-16)10-17(21)22/h5-9,11-12,23H,10H2,1-4H3,(H,21,22)/b16-9-. The van der Waals surface area contributed by atoms with E-state index >= 15 is 0 Å². The summed E-state index contributed by atoms with van der Waals surface area (Å²) in [5, 5.41) is 21.1. The summed E-state index contributed by atoms with van der Waals surface area (Å²) in [6.07, 6.45) is 3.23. The van der Waals surface area contributed by atoms with Crippen molar-refractivity contribution in [3.8, 4) is 5.75 Å². The van der Waals surface area contributed by atoms with Gasteiger partial charge in [-0.1, -0.05) is 39.5 Å². The molecule has 2 N–H and O–H groups in total. The third-order valence-corrected chi connectivity index (χ3v) is 4.75. The van der Waals surface area contributed by atoms with Gasteiger partial charge in [-0.3, -0.25) is 9.59 Å². The van der Waals surface area contributed by atoms with Crippen LogP contribution in [0.2, 0.25) is 0 Å². The van der Waals surface area contributed by atoms with E-state index in [9.17, 15) is 14.7 Å². The maximum atomic E-state index is 12.4. The molecule has 0 aromatic heterocycles. The Labute approximate surface area is 152 Å². The Balaban J connectivity index is 2.45. The molecule has 25 heavy (non-hydrogen) atoms. The van der Waals surface area contributed by atoms with Crippen molar-refractivity contribution in [2.75, 3.05) is 6.54 Å². The number of carbonyl (C=O) groups excluding carboxylic acids is 1. The van der Waals surface area contributed by atoms with Gasteiger partial charge in [0.1, 0.15) is 12.3 Å². The van der Waals surface area contributed by atoms with Crippen LogP contribution in [0.3, 0.4) is 0 Å². The highest BCUT2D eigenvalue weighted by Crippen LogP contribution is 2.36. The molecular weight excluding hydrogens is 338 g/mol. The average Bonchev–Trinajstić information content (AvgIpc) is 2.51. The van der Waals surface area contributed by atoms with Crippen molar-refractivity contribution in [1.82, 2.24) is 4.90 Å². The number of phenols is 1. The Hall–Kier alpha value is -2.21. The molecule has 0 atom stereocenters. The zero-order valence-electron chi connectivity index (χ0n) is 14.8. The van der Waals surface area contributed by atoms with Crippen molar-refractivity contribution in [1.29, 1.82) is 0 Å². The van der Waals surface area contributed by atoms with E-state index < -0.39 is 5.97 Å². The molecule has 134 valence electrons. The second-order valence-corrected chi connectivity index (χ2v) is 7.54. The van der Waals surface area contributed by atoms with Crippen molar-refractivity contribution in [3.63, 3.8) is 0 Å². The highest BCUT2D eigenvalue weighted by molar-refractivity contribution is 8.06. The van der Waals surface area contributed by atoms with Crippen LogP contribution in [0.15, 0.2) is 28.6 Å². The maximum Gasteiger partial charge on any atom is 0.323 e. The third-order valence-electron chi connectivity index (χ3n) is 3.95. The van der Waals surface area contributed by atoms with Gasteiger partial charge in [-0.25, -0.2) is 0 Å². The van der Waals surface area contributed by atoms with Gasteiger partial charge in [0.15, 0.2) is 0 Å². The van der Waals surface area contributed by atoms with E-state index in [4.69, 9.17) is 5.11 Å². The topological polar surface area (TPSA) is 77.8 Å². The summed E-state index contributed by atoms with van der Waals surface area (Å²) in [4.78, 5) is 25.0. The molecule has 1 amide bonds. The van der Waals surface area contributed by atoms with Gasteiger partial charge < -0.3 is 15.1 Å². The Bertz CT molecular complexity index is 721. The number of aliphatic carboxylic acids is 1. The van der Waals surface area contributed by atoms with Crippen molar-refractivity contribution in [2.24, 2.45) is 0 Å². The van der Waals surface area contributed by atoms with Gasteiger partial charge in [0.2, 0.25) is 0 Å². The van der Waals surface area contributed by atoms with Crippen molar-refractivity contribution in [2.45, 2.75) is 39.5 Å². The van der Waals surface area contributed by atoms with Crippen LogP contribution in [0.25, 0.3) is 6.08 Å². The smallest absolute Gasteiger partial charge is 0.323 e. The van der Waals surface area contributed by atoms with Crippen LogP contribution in [0.5, 0.6) is 5.75 Å². The number of phenolic OH excluding ortho intramolecular Hbond substituents is 1. The molecule has 0 bridgehead atoms. The van der Waals surface area contributed by atoms with Gasteiger partial charge in [-0.2, -0.15) is 0 Å². The molecule has 6 heteroatoms. The van der Waals surface area contributed by atoms with Gasteiger partial charge in [0, 0.05) is 6.20 Å². The number of aromatic hydroxyl groups is 1. The molecule has 0 radical (unpaired) electrons. The van der Waals surface area contributed by atoms with Gasteiger partial charge in [-0.15, -0.1) is 0 Å². The molecule has 5 nitrogen and oxygen atoms in total. The van der Waals surface area contributed by atoms with E-state index in [0.29, 0.717) is 10.7 Å². The van der Waals surface area contributed by atoms with Gasteiger partial charge in [0.05, 0.1) is 4.91 Å². The zero-order chi connectivity index (χ0) is 18.7. The maximum absolute atomic E-state index is 12.4. The minimum atomic E-state index is -1.06. The molecule has 0 aliphatic carbocycles. The summed E-state index contributed by atoms with van der Waals surface area (Å²) in [6, 6.07) is 3.76. The Morgan fingerprint density at radius 3 is 2.24 bits per heavy atom. The zero-order valence-corrected chi connectivity index (χ0v) is 15.6. The quantitative estimate of drug-likeness (QED) is 0.772. The highest BCUT2D eigenvalue weighted by atomic mass is 32.2. The van der Waals surface area contributed by atoms with E-state index in [1.54, 1.807) is 11.5 Å². The van der Waals surface area contributed by atoms with E-state index in [0.717, 1.165) is 16.7 Å². The van der Waals surface area contributed by atoms with Crippen LogP contribution in [0, 0.1) is 0 Å². The van der Waals surface area contributed by atoms with E-state index in [1.165, 1.54) is 22.9 Å². The van der Waals surface area contributed by atoms with Crippen LogP contribution in [0.4, 0.5) is 0 Å². The second kappa shape index (κ2) is 7.78. The van der Waals surface area contributed by atoms with Crippen LogP contribution < -0.4 is 0 Å². The first-order chi connectivity index (χ1) is 11.7. The molecule has 1 aliphatic rings. The number of benzene rings is 1. The van der Waals surface area contributed by atoms with Gasteiger partial charge in [0.25, 0.3) is 5.91 Å². The number of rotatable bonds is 5. The minimum absolute atomic E-state index is 0.147. The number of thioether (sulfide) groups is 1. The summed E-state index contributed by atoms with van der Waals surface area (Å²) in [6.45, 7) is 7.67. The lowest BCUT2D eigenvalue weighted by atomic mass is 9.91. The van der Waals surface area contributed by atoms with Crippen molar-refractivity contribution < 1.29 is 19.8 Å². The van der Waals surface area contributed by atoms with Gasteiger partial charge in [-0.05, 0) is 52.1 Å². The van der Waals surface area contributed by atoms with Crippen molar-refractivity contribution >= 4 is 29.7 Å². The molecule has 0 fully saturated rings. The summed E-state index contributed by atoms with van der Waals surface area (Å²) < 4.78 is 0. The molecule has 1 aromatic rings. The largest absolute Gasteiger partial charge is 0.507 e. The molecule has 1 heterocycles. The monoisotopic (exact) mass is 361 g/mol. The number of nitrogens with zero attached hydrogens (tertiary/aromatic N) is 1. The third kappa shape index (κ3) is 4.45. The average molecular weight is 361 g/mol. The normalized spacial score (nSPS) is 16.3. The minimum Gasteiger partial charge on any atom is -0.507 e.